The molecule has 27 heavy (non-hydrogen) atoms. The topological polar surface area (TPSA) is 118 Å². The molecule has 4 atom stereocenters. The zero-order valence-electron chi connectivity index (χ0n) is 15.2. The van der Waals surface area contributed by atoms with Crippen LogP contribution in [-0.2, 0) is 14.4 Å². The summed E-state index contributed by atoms with van der Waals surface area (Å²) in [6, 6.07) is 4.97. The number of carbonyl (C=O) groups is 3. The van der Waals surface area contributed by atoms with E-state index in [4.69, 9.17) is 0 Å². The van der Waals surface area contributed by atoms with E-state index in [-0.39, 0.29) is 12.3 Å². The summed E-state index contributed by atoms with van der Waals surface area (Å²) in [5.41, 5.74) is 0.491. The van der Waals surface area contributed by atoms with Crippen LogP contribution in [0.1, 0.15) is 20.8 Å². The third-order valence-corrected chi connectivity index (χ3v) is 6.65. The highest BCUT2D eigenvalue weighted by atomic mass is 32.2. The summed E-state index contributed by atoms with van der Waals surface area (Å²) in [5, 5.41) is 28.9. The van der Waals surface area contributed by atoms with Gasteiger partial charge in [-0.1, -0.05) is 0 Å². The highest BCUT2D eigenvalue weighted by molar-refractivity contribution is 8.01. The molecule has 3 N–H and O–H groups in total. The molecular weight excluding hydrogens is 372 g/mol. The normalized spacial score (nSPS) is 26.9. The number of carbonyl (C=O) groups excluding carboxylic acids is 2. The van der Waals surface area contributed by atoms with Gasteiger partial charge >= 0.3 is 5.97 Å². The first-order valence-corrected chi connectivity index (χ1v) is 9.49. The molecular formula is C18H22N2O6S. The van der Waals surface area contributed by atoms with Crippen molar-refractivity contribution in [1.29, 1.82) is 0 Å². The number of phenols is 1. The van der Waals surface area contributed by atoms with Crippen LogP contribution >= 0.6 is 11.8 Å². The number of β-lactam (4-membered cyclic amide) rings is 1. The molecule has 2 heterocycles. The summed E-state index contributed by atoms with van der Waals surface area (Å²) in [6.07, 6.45) is -1.57. The van der Waals surface area contributed by atoms with Gasteiger partial charge in [0.15, 0.2) is 0 Å². The van der Waals surface area contributed by atoms with Crippen LogP contribution in [-0.4, -0.2) is 66.8 Å². The molecule has 0 radical (unpaired) electrons. The zero-order valence-corrected chi connectivity index (χ0v) is 16.0. The number of hydrogen-bond donors (Lipinski definition) is 3. The summed E-state index contributed by atoms with van der Waals surface area (Å²) in [6.45, 7) is 5.48. The van der Waals surface area contributed by atoms with Gasteiger partial charge in [-0.2, -0.15) is 0 Å². The molecule has 0 saturated carbocycles. The maximum absolute atomic E-state index is 12.8. The van der Waals surface area contributed by atoms with Crippen molar-refractivity contribution in [1.82, 2.24) is 4.90 Å². The fourth-order valence-corrected chi connectivity index (χ4v) is 5.46. The highest BCUT2D eigenvalue weighted by Crippen LogP contribution is 2.54. The maximum atomic E-state index is 12.8. The van der Waals surface area contributed by atoms with Crippen LogP contribution < -0.4 is 4.90 Å². The van der Waals surface area contributed by atoms with Crippen molar-refractivity contribution in [2.75, 3.05) is 11.4 Å². The molecule has 0 aliphatic carbocycles. The molecule has 2 saturated heterocycles. The minimum atomic E-state index is -1.57. The Labute approximate surface area is 160 Å². The van der Waals surface area contributed by atoms with Crippen molar-refractivity contribution in [2.24, 2.45) is 5.92 Å². The molecule has 0 spiro atoms. The number of carboxylic acid groups (broad SMARTS) is 1. The van der Waals surface area contributed by atoms with Gasteiger partial charge in [-0.25, -0.2) is 4.79 Å². The standard InChI is InChI=1S/C18H22N2O6S/c1-4-19(9-5-7-10(21)8-6-9)15(24)12(22)11-14(23)20-13(17(25)26)18(2,3)27-16(11)20/h5-8,11-13,16,21-22H,4H2,1-3H3,(H,25,26)/t11-,12+,13+,16-/m1/s1. The van der Waals surface area contributed by atoms with Crippen LogP contribution in [0.5, 0.6) is 5.75 Å². The van der Waals surface area contributed by atoms with E-state index in [2.05, 4.69) is 0 Å². The Kier molecular flexibility index (Phi) is 4.85. The molecule has 8 nitrogen and oxygen atoms in total. The van der Waals surface area contributed by atoms with E-state index in [1.807, 2.05) is 0 Å². The van der Waals surface area contributed by atoms with Crippen LogP contribution in [0.15, 0.2) is 24.3 Å². The average Bonchev–Trinajstić information content (AvgIpc) is 2.84. The van der Waals surface area contributed by atoms with Gasteiger partial charge in [0.1, 0.15) is 23.8 Å². The van der Waals surface area contributed by atoms with Crippen LogP contribution in [0, 0.1) is 5.92 Å². The van der Waals surface area contributed by atoms with E-state index in [1.165, 1.54) is 33.7 Å². The largest absolute Gasteiger partial charge is 0.508 e. The minimum Gasteiger partial charge on any atom is -0.508 e. The number of thioether (sulfide) groups is 1. The van der Waals surface area contributed by atoms with Gasteiger partial charge in [0.25, 0.3) is 5.91 Å². The molecule has 9 heteroatoms. The molecule has 2 amide bonds. The number of phenolic OH excluding ortho intramolecular Hbond substituents is 1. The molecule has 2 fully saturated rings. The first-order valence-electron chi connectivity index (χ1n) is 8.61. The van der Waals surface area contributed by atoms with Crippen molar-refractivity contribution < 1.29 is 29.7 Å². The Morgan fingerprint density at radius 1 is 1.30 bits per heavy atom. The molecule has 2 aliphatic rings. The number of fused-ring (bicyclic) bond motifs is 1. The summed E-state index contributed by atoms with van der Waals surface area (Å²) in [4.78, 5) is 39.5. The fraction of sp³-hybridized carbons (Fsp3) is 0.500. The van der Waals surface area contributed by atoms with Gasteiger partial charge < -0.3 is 25.1 Å². The van der Waals surface area contributed by atoms with E-state index in [0.717, 1.165) is 0 Å². The van der Waals surface area contributed by atoms with E-state index in [0.29, 0.717) is 5.69 Å². The van der Waals surface area contributed by atoms with Gasteiger partial charge in [0, 0.05) is 17.0 Å². The molecule has 146 valence electrons. The lowest BCUT2D eigenvalue weighted by atomic mass is 9.87. The lowest BCUT2D eigenvalue weighted by molar-refractivity contribution is -0.170. The molecule has 0 bridgehead atoms. The number of amides is 2. The SMILES string of the molecule is CCN(C(=O)[C@@H](O)[C@@H]1C(=O)N2[C@@H]1SC(C)(C)[C@@H]2C(=O)O)c1ccc(O)cc1. The third kappa shape index (κ3) is 3.04. The number of aliphatic carboxylic acids is 1. The van der Waals surface area contributed by atoms with Crippen LogP contribution in [0.2, 0.25) is 0 Å². The Morgan fingerprint density at radius 3 is 2.41 bits per heavy atom. The Morgan fingerprint density at radius 2 is 1.89 bits per heavy atom. The summed E-state index contributed by atoms with van der Waals surface area (Å²) in [7, 11) is 0. The van der Waals surface area contributed by atoms with Crippen LogP contribution in [0.4, 0.5) is 5.69 Å². The van der Waals surface area contributed by atoms with Crippen molar-refractivity contribution in [3.8, 4) is 5.75 Å². The summed E-state index contributed by atoms with van der Waals surface area (Å²) < 4.78 is -0.717. The summed E-state index contributed by atoms with van der Waals surface area (Å²) >= 11 is 1.29. The summed E-state index contributed by atoms with van der Waals surface area (Å²) in [5.74, 6) is -3.16. The Hall–Kier alpha value is -2.26. The first kappa shape index (κ1) is 19.5. The van der Waals surface area contributed by atoms with Crippen LogP contribution in [0.3, 0.4) is 0 Å². The second-order valence-corrected chi connectivity index (χ2v) is 8.94. The number of hydrogen-bond acceptors (Lipinski definition) is 6. The Bertz CT molecular complexity index is 781. The maximum Gasteiger partial charge on any atom is 0.327 e. The molecule has 0 unspecified atom stereocenters. The van der Waals surface area contributed by atoms with E-state index >= 15 is 0 Å². The first-order chi connectivity index (χ1) is 12.6. The van der Waals surface area contributed by atoms with Gasteiger partial charge in [-0.15, -0.1) is 11.8 Å². The quantitative estimate of drug-likeness (QED) is 0.634. The molecule has 3 rings (SSSR count). The second kappa shape index (κ2) is 6.72. The lowest BCUT2D eigenvalue weighted by Gasteiger charge is -2.45. The number of carboxylic acids is 1. The minimum absolute atomic E-state index is 0.0527. The predicted octanol–water partition coefficient (Wildman–Crippen LogP) is 0.869. The van der Waals surface area contributed by atoms with Gasteiger partial charge in [0.05, 0.1) is 5.37 Å². The lowest BCUT2D eigenvalue weighted by Crippen LogP contribution is -2.67. The fourth-order valence-electron chi connectivity index (χ4n) is 3.74. The van der Waals surface area contributed by atoms with Gasteiger partial charge in [-0.3, -0.25) is 9.59 Å². The van der Waals surface area contributed by atoms with Gasteiger partial charge in [-0.05, 0) is 45.0 Å². The Balaban J connectivity index is 1.81. The highest BCUT2D eigenvalue weighted by Gasteiger charge is 2.66. The van der Waals surface area contributed by atoms with Gasteiger partial charge in [0.2, 0.25) is 5.91 Å². The van der Waals surface area contributed by atoms with Crippen molar-refractivity contribution in [3.05, 3.63) is 24.3 Å². The monoisotopic (exact) mass is 394 g/mol. The number of rotatable bonds is 5. The van der Waals surface area contributed by atoms with Crippen molar-refractivity contribution in [2.45, 2.75) is 43.0 Å². The zero-order chi connectivity index (χ0) is 20.1. The van der Waals surface area contributed by atoms with E-state index in [9.17, 15) is 29.7 Å². The molecule has 1 aromatic carbocycles. The number of aliphatic hydroxyl groups excluding tert-OH is 1. The molecule has 2 aliphatic heterocycles. The smallest absolute Gasteiger partial charge is 0.327 e. The third-order valence-electron chi connectivity index (χ3n) is 5.05. The number of likely N-dealkylation sites (N-methyl/N-ethyl adjacent to an activating group) is 1. The molecule has 1 aromatic rings. The average molecular weight is 394 g/mol. The van der Waals surface area contributed by atoms with Crippen LogP contribution in [0.25, 0.3) is 0 Å². The number of nitrogens with zero attached hydrogens (tertiary/aromatic N) is 2. The van der Waals surface area contributed by atoms with E-state index in [1.54, 1.807) is 32.9 Å². The van der Waals surface area contributed by atoms with Crippen molar-refractivity contribution >= 4 is 35.2 Å². The number of anilines is 1. The predicted molar refractivity (Wildman–Crippen MR) is 99.4 cm³/mol. The number of aromatic hydroxyl groups is 1. The second-order valence-electron chi connectivity index (χ2n) is 7.17. The van der Waals surface area contributed by atoms with Crippen molar-refractivity contribution in [3.63, 3.8) is 0 Å². The number of benzene rings is 1. The van der Waals surface area contributed by atoms with E-state index < -0.39 is 46.0 Å². The molecule has 0 aromatic heterocycles. The number of aliphatic hydroxyl groups is 1.